The zero-order chi connectivity index (χ0) is 18.5. The van der Waals surface area contributed by atoms with Gasteiger partial charge in [0.25, 0.3) is 0 Å². The van der Waals surface area contributed by atoms with Gasteiger partial charge in [-0.1, -0.05) is 19.1 Å². The Morgan fingerprint density at radius 3 is 2.88 bits per heavy atom. The SMILES string of the molecule is CCCOCC(O)C=C[C@H]1CCCC(=O)N1CCCCOCC(=O)O. The van der Waals surface area contributed by atoms with Gasteiger partial charge in [0.2, 0.25) is 5.91 Å². The second-order valence-electron chi connectivity index (χ2n) is 6.23. The van der Waals surface area contributed by atoms with Crippen molar-refractivity contribution in [1.29, 1.82) is 0 Å². The molecule has 1 fully saturated rings. The molecular formula is C18H31NO6. The number of aliphatic hydroxyl groups is 1. The van der Waals surface area contributed by atoms with Gasteiger partial charge in [-0.05, 0) is 32.1 Å². The quantitative estimate of drug-likeness (QED) is 0.384. The molecule has 1 unspecified atom stereocenters. The molecule has 2 atom stereocenters. The smallest absolute Gasteiger partial charge is 0.329 e. The van der Waals surface area contributed by atoms with E-state index in [0.29, 0.717) is 32.6 Å². The number of carboxylic acids is 1. The number of nitrogens with zero attached hydrogens (tertiary/aromatic N) is 1. The summed E-state index contributed by atoms with van der Waals surface area (Å²) in [4.78, 5) is 24.4. The first-order chi connectivity index (χ1) is 12.0. The van der Waals surface area contributed by atoms with Gasteiger partial charge in [-0.15, -0.1) is 0 Å². The first kappa shape index (κ1) is 21.6. The van der Waals surface area contributed by atoms with Crippen LogP contribution in [0.3, 0.4) is 0 Å². The third-order valence-electron chi connectivity index (χ3n) is 3.97. The van der Waals surface area contributed by atoms with E-state index in [4.69, 9.17) is 14.6 Å². The van der Waals surface area contributed by atoms with Crippen molar-refractivity contribution in [3.8, 4) is 0 Å². The number of rotatable bonds is 13. The average Bonchev–Trinajstić information content (AvgIpc) is 2.57. The Bertz CT molecular complexity index is 426. The van der Waals surface area contributed by atoms with Gasteiger partial charge < -0.3 is 24.6 Å². The molecule has 0 spiro atoms. The Hall–Kier alpha value is -1.44. The number of aliphatic hydroxyl groups excluding tert-OH is 1. The summed E-state index contributed by atoms with van der Waals surface area (Å²) in [6.07, 6.45) is 7.64. The lowest BCUT2D eigenvalue weighted by Crippen LogP contribution is -2.43. The minimum atomic E-state index is -0.974. The van der Waals surface area contributed by atoms with Gasteiger partial charge in [-0.3, -0.25) is 4.79 Å². The number of hydrogen-bond acceptors (Lipinski definition) is 5. The number of hydrogen-bond donors (Lipinski definition) is 2. The third-order valence-corrected chi connectivity index (χ3v) is 3.97. The molecule has 7 nitrogen and oxygen atoms in total. The highest BCUT2D eigenvalue weighted by molar-refractivity contribution is 5.77. The molecule has 1 rings (SSSR count). The summed E-state index contributed by atoms with van der Waals surface area (Å²) in [5.74, 6) is -0.845. The van der Waals surface area contributed by atoms with Crippen LogP contribution in [0, 0.1) is 0 Å². The van der Waals surface area contributed by atoms with E-state index in [1.165, 1.54) is 0 Å². The van der Waals surface area contributed by atoms with Crippen molar-refractivity contribution in [3.63, 3.8) is 0 Å². The normalized spacial score (nSPS) is 19.5. The van der Waals surface area contributed by atoms with Gasteiger partial charge in [0.15, 0.2) is 0 Å². The minimum absolute atomic E-state index is 0.00186. The Labute approximate surface area is 149 Å². The van der Waals surface area contributed by atoms with Gasteiger partial charge in [0.1, 0.15) is 6.61 Å². The van der Waals surface area contributed by atoms with Crippen LogP contribution in [0.5, 0.6) is 0 Å². The highest BCUT2D eigenvalue weighted by Crippen LogP contribution is 2.20. The Morgan fingerprint density at radius 1 is 1.36 bits per heavy atom. The highest BCUT2D eigenvalue weighted by atomic mass is 16.5. The monoisotopic (exact) mass is 357 g/mol. The van der Waals surface area contributed by atoms with Crippen molar-refractivity contribution in [2.45, 2.75) is 57.6 Å². The summed E-state index contributed by atoms with van der Waals surface area (Å²) in [6.45, 7) is 3.62. The van der Waals surface area contributed by atoms with E-state index >= 15 is 0 Å². The number of carbonyl (C=O) groups excluding carboxylic acids is 1. The molecule has 0 radical (unpaired) electrons. The van der Waals surface area contributed by atoms with Crippen LogP contribution in [0.25, 0.3) is 0 Å². The molecule has 0 aromatic rings. The molecule has 1 aliphatic heterocycles. The summed E-state index contributed by atoms with van der Waals surface area (Å²) < 4.78 is 10.3. The predicted molar refractivity (Wildman–Crippen MR) is 93.3 cm³/mol. The van der Waals surface area contributed by atoms with Gasteiger partial charge in [0.05, 0.1) is 18.8 Å². The maximum absolute atomic E-state index is 12.2. The number of piperidine rings is 1. The molecular weight excluding hydrogens is 326 g/mol. The maximum atomic E-state index is 12.2. The molecule has 2 N–H and O–H groups in total. The van der Waals surface area contributed by atoms with E-state index in [1.54, 1.807) is 6.08 Å². The molecule has 0 aliphatic carbocycles. The average molecular weight is 357 g/mol. The predicted octanol–water partition coefficient (Wildman–Crippen LogP) is 1.59. The van der Waals surface area contributed by atoms with Crippen molar-refractivity contribution in [1.82, 2.24) is 4.90 Å². The van der Waals surface area contributed by atoms with Gasteiger partial charge in [-0.2, -0.15) is 0 Å². The lowest BCUT2D eigenvalue weighted by atomic mass is 10.00. The zero-order valence-corrected chi connectivity index (χ0v) is 15.1. The second-order valence-corrected chi connectivity index (χ2v) is 6.23. The molecule has 0 saturated carbocycles. The van der Waals surface area contributed by atoms with Crippen molar-refractivity contribution >= 4 is 11.9 Å². The third kappa shape index (κ3) is 9.57. The molecule has 1 aliphatic rings. The van der Waals surface area contributed by atoms with Crippen molar-refractivity contribution < 1.29 is 29.3 Å². The minimum Gasteiger partial charge on any atom is -0.480 e. The number of likely N-dealkylation sites (tertiary alicyclic amines) is 1. The van der Waals surface area contributed by atoms with Gasteiger partial charge in [0, 0.05) is 26.2 Å². The van der Waals surface area contributed by atoms with Crippen LogP contribution >= 0.6 is 0 Å². The Balaban J connectivity index is 2.36. The fourth-order valence-corrected chi connectivity index (χ4v) is 2.74. The molecule has 1 amide bonds. The van der Waals surface area contributed by atoms with Crippen molar-refractivity contribution in [2.75, 3.05) is 33.0 Å². The van der Waals surface area contributed by atoms with E-state index in [-0.39, 0.29) is 25.2 Å². The second kappa shape index (κ2) is 12.9. The van der Waals surface area contributed by atoms with Crippen LogP contribution in [0.1, 0.15) is 45.4 Å². The number of carboxylic acid groups (broad SMARTS) is 1. The van der Waals surface area contributed by atoms with E-state index < -0.39 is 12.1 Å². The summed E-state index contributed by atoms with van der Waals surface area (Å²) >= 11 is 0. The molecule has 25 heavy (non-hydrogen) atoms. The number of carbonyl (C=O) groups is 2. The standard InChI is InChI=1S/C18H31NO6/c1-2-11-24-13-16(20)9-8-15-6-5-7-17(21)19(15)10-3-4-12-25-14-18(22)23/h8-9,15-16,20H,2-7,10-14H2,1H3,(H,22,23)/t15-,16?/m1/s1. The number of amides is 1. The molecule has 144 valence electrons. The fourth-order valence-electron chi connectivity index (χ4n) is 2.74. The lowest BCUT2D eigenvalue weighted by Gasteiger charge is -2.34. The summed E-state index contributed by atoms with van der Waals surface area (Å²) in [5, 5.41) is 18.4. The van der Waals surface area contributed by atoms with E-state index in [2.05, 4.69) is 0 Å². The number of aliphatic carboxylic acids is 1. The summed E-state index contributed by atoms with van der Waals surface area (Å²) in [5.41, 5.74) is 0. The number of ether oxygens (including phenoxy) is 2. The molecule has 7 heteroatoms. The Morgan fingerprint density at radius 2 is 2.16 bits per heavy atom. The Kier molecular flexibility index (Phi) is 11.1. The highest BCUT2D eigenvalue weighted by Gasteiger charge is 2.25. The number of unbranched alkanes of at least 4 members (excludes halogenated alkanes) is 1. The first-order valence-electron chi connectivity index (χ1n) is 9.07. The van der Waals surface area contributed by atoms with Crippen LogP contribution in [0.4, 0.5) is 0 Å². The topological polar surface area (TPSA) is 96.3 Å². The maximum Gasteiger partial charge on any atom is 0.329 e. The van der Waals surface area contributed by atoms with Crippen LogP contribution < -0.4 is 0 Å². The van der Waals surface area contributed by atoms with E-state index in [9.17, 15) is 14.7 Å². The molecule has 0 bridgehead atoms. The van der Waals surface area contributed by atoms with Gasteiger partial charge >= 0.3 is 5.97 Å². The fraction of sp³-hybridized carbons (Fsp3) is 0.778. The molecule has 0 aromatic carbocycles. The summed E-state index contributed by atoms with van der Waals surface area (Å²) in [6, 6.07) is 0.00186. The van der Waals surface area contributed by atoms with Crippen LogP contribution in [0.15, 0.2) is 12.2 Å². The van der Waals surface area contributed by atoms with Gasteiger partial charge in [-0.25, -0.2) is 4.79 Å². The summed E-state index contributed by atoms with van der Waals surface area (Å²) in [7, 11) is 0. The molecule has 1 saturated heterocycles. The first-order valence-corrected chi connectivity index (χ1v) is 9.07. The zero-order valence-electron chi connectivity index (χ0n) is 15.1. The van der Waals surface area contributed by atoms with Crippen LogP contribution in [0.2, 0.25) is 0 Å². The van der Waals surface area contributed by atoms with Crippen LogP contribution in [-0.2, 0) is 19.1 Å². The lowest BCUT2D eigenvalue weighted by molar-refractivity contribution is -0.142. The van der Waals surface area contributed by atoms with Crippen molar-refractivity contribution in [3.05, 3.63) is 12.2 Å². The molecule has 1 heterocycles. The van der Waals surface area contributed by atoms with E-state index in [1.807, 2.05) is 17.9 Å². The largest absolute Gasteiger partial charge is 0.480 e. The van der Waals surface area contributed by atoms with Crippen molar-refractivity contribution in [2.24, 2.45) is 0 Å². The molecule has 0 aromatic heterocycles. The van der Waals surface area contributed by atoms with Crippen LogP contribution in [-0.4, -0.2) is 72.1 Å². The van der Waals surface area contributed by atoms with E-state index in [0.717, 1.165) is 25.7 Å².